The molecule has 0 saturated carbocycles. The number of ether oxygens (including phenoxy) is 1. The predicted octanol–water partition coefficient (Wildman–Crippen LogP) is 1.75. The van der Waals surface area contributed by atoms with E-state index in [1.165, 1.54) is 5.56 Å². The van der Waals surface area contributed by atoms with Crippen molar-refractivity contribution >= 4 is 10.0 Å². The van der Waals surface area contributed by atoms with Gasteiger partial charge in [0.05, 0.1) is 6.10 Å². The highest BCUT2D eigenvalue weighted by atomic mass is 32.2. The van der Waals surface area contributed by atoms with Crippen LogP contribution in [0.4, 0.5) is 0 Å². The number of likely N-dealkylation sites (tertiary alicyclic amines) is 1. The second-order valence-corrected chi connectivity index (χ2v) is 8.56. The second kappa shape index (κ2) is 7.30. The van der Waals surface area contributed by atoms with Crippen LogP contribution in [0.5, 0.6) is 0 Å². The lowest BCUT2D eigenvalue weighted by molar-refractivity contribution is 0.126. The van der Waals surface area contributed by atoms with Crippen molar-refractivity contribution in [2.45, 2.75) is 50.1 Å². The van der Waals surface area contributed by atoms with E-state index in [0.717, 1.165) is 32.5 Å². The maximum Gasteiger partial charge on any atom is 0.217 e. The van der Waals surface area contributed by atoms with Crippen LogP contribution in [-0.4, -0.2) is 50.4 Å². The number of rotatable bonds is 5. The van der Waals surface area contributed by atoms with Gasteiger partial charge in [-0.15, -0.1) is 0 Å². The van der Waals surface area contributed by atoms with Crippen LogP contribution in [0.1, 0.15) is 31.7 Å². The lowest BCUT2D eigenvalue weighted by Gasteiger charge is -2.33. The van der Waals surface area contributed by atoms with E-state index in [0.29, 0.717) is 13.0 Å². The van der Waals surface area contributed by atoms with Crippen molar-refractivity contribution < 1.29 is 13.2 Å². The van der Waals surface area contributed by atoms with Crippen molar-refractivity contribution in [3.63, 3.8) is 0 Å². The van der Waals surface area contributed by atoms with Gasteiger partial charge in [-0.2, -0.15) is 0 Å². The summed E-state index contributed by atoms with van der Waals surface area (Å²) in [5.41, 5.74) is 1.27. The molecule has 128 valence electrons. The fourth-order valence-corrected chi connectivity index (χ4v) is 5.40. The van der Waals surface area contributed by atoms with Gasteiger partial charge in [-0.3, -0.25) is 4.90 Å². The van der Waals surface area contributed by atoms with Gasteiger partial charge in [0.1, 0.15) is 5.25 Å². The Morgan fingerprint density at radius 2 is 2.04 bits per heavy atom. The van der Waals surface area contributed by atoms with E-state index >= 15 is 0 Å². The van der Waals surface area contributed by atoms with E-state index in [2.05, 4.69) is 21.8 Å². The Balaban J connectivity index is 1.58. The number of nitrogens with zero attached hydrogens (tertiary/aromatic N) is 1. The lowest BCUT2D eigenvalue weighted by atomic mass is 10.1. The van der Waals surface area contributed by atoms with Crippen molar-refractivity contribution in [3.8, 4) is 0 Å². The highest BCUT2D eigenvalue weighted by Gasteiger charge is 2.37. The summed E-state index contributed by atoms with van der Waals surface area (Å²) in [6.07, 6.45) is 2.32. The Kier molecular flexibility index (Phi) is 5.36. The highest BCUT2D eigenvalue weighted by Crippen LogP contribution is 2.22. The summed E-state index contributed by atoms with van der Waals surface area (Å²) in [4.78, 5) is 2.33. The molecule has 0 amide bonds. The molecule has 1 aromatic rings. The maximum absolute atomic E-state index is 12.6. The number of hydrogen-bond acceptors (Lipinski definition) is 4. The zero-order valence-corrected chi connectivity index (χ0v) is 14.5. The van der Waals surface area contributed by atoms with Crippen molar-refractivity contribution in [3.05, 3.63) is 35.9 Å². The molecule has 2 aliphatic heterocycles. The van der Waals surface area contributed by atoms with Crippen molar-refractivity contribution in [1.82, 2.24) is 9.62 Å². The fourth-order valence-electron chi connectivity index (χ4n) is 3.58. The van der Waals surface area contributed by atoms with E-state index in [4.69, 9.17) is 4.74 Å². The van der Waals surface area contributed by atoms with Gasteiger partial charge in [0.2, 0.25) is 10.0 Å². The molecule has 2 fully saturated rings. The van der Waals surface area contributed by atoms with E-state index in [1.54, 1.807) is 0 Å². The molecule has 0 aromatic heterocycles. The number of benzene rings is 1. The van der Waals surface area contributed by atoms with Crippen LogP contribution in [0.25, 0.3) is 0 Å². The van der Waals surface area contributed by atoms with Crippen LogP contribution in [-0.2, 0) is 21.3 Å². The molecule has 0 bridgehead atoms. The van der Waals surface area contributed by atoms with Gasteiger partial charge < -0.3 is 4.74 Å². The molecule has 2 heterocycles. The summed E-state index contributed by atoms with van der Waals surface area (Å²) in [5.74, 6) is 0. The number of hydrogen-bond donors (Lipinski definition) is 1. The summed E-state index contributed by atoms with van der Waals surface area (Å²) in [6.45, 7) is 5.06. The third-order valence-electron chi connectivity index (χ3n) is 4.79. The molecule has 1 N–H and O–H groups in total. The normalized spacial score (nSPS) is 29.7. The average molecular weight is 338 g/mol. The van der Waals surface area contributed by atoms with Crippen LogP contribution >= 0.6 is 0 Å². The number of sulfonamides is 1. The third-order valence-corrected chi connectivity index (χ3v) is 6.87. The lowest BCUT2D eigenvalue weighted by Crippen LogP contribution is -2.50. The fraction of sp³-hybridized carbons (Fsp3) is 0.647. The molecular formula is C17H26N2O3S. The quantitative estimate of drug-likeness (QED) is 0.889. The van der Waals surface area contributed by atoms with Crippen LogP contribution in [0, 0.1) is 0 Å². The second-order valence-electron chi connectivity index (χ2n) is 6.63. The van der Waals surface area contributed by atoms with Gasteiger partial charge in [0.15, 0.2) is 0 Å². The first-order valence-electron chi connectivity index (χ1n) is 8.43. The minimum absolute atomic E-state index is 0.00487. The average Bonchev–Trinajstić information content (AvgIpc) is 2.95. The number of nitrogens with one attached hydrogen (secondary N) is 1. The first kappa shape index (κ1) is 16.9. The van der Waals surface area contributed by atoms with Gasteiger partial charge in [-0.25, -0.2) is 13.1 Å². The Morgan fingerprint density at radius 1 is 1.26 bits per heavy atom. The van der Waals surface area contributed by atoms with Crippen LogP contribution in [0.3, 0.4) is 0 Å². The van der Waals surface area contributed by atoms with Crippen LogP contribution < -0.4 is 4.72 Å². The minimum Gasteiger partial charge on any atom is -0.377 e. The van der Waals surface area contributed by atoms with Crippen molar-refractivity contribution in [2.24, 2.45) is 0 Å². The molecule has 0 radical (unpaired) electrons. The molecule has 1 aromatic carbocycles. The monoisotopic (exact) mass is 338 g/mol. The molecule has 6 heteroatoms. The zero-order valence-electron chi connectivity index (χ0n) is 13.6. The summed E-state index contributed by atoms with van der Waals surface area (Å²) >= 11 is 0. The predicted molar refractivity (Wildman–Crippen MR) is 90.6 cm³/mol. The Bertz CT molecular complexity index is 606. The van der Waals surface area contributed by atoms with Crippen LogP contribution in [0.2, 0.25) is 0 Å². The van der Waals surface area contributed by atoms with Crippen molar-refractivity contribution in [2.75, 3.05) is 19.7 Å². The molecule has 2 aliphatic rings. The molecule has 5 nitrogen and oxygen atoms in total. The Hall–Kier alpha value is -0.950. The highest BCUT2D eigenvalue weighted by molar-refractivity contribution is 7.90. The summed E-state index contributed by atoms with van der Waals surface area (Å²) in [7, 11) is -3.31. The third kappa shape index (κ3) is 4.32. The number of piperidine rings is 1. The van der Waals surface area contributed by atoms with E-state index < -0.39 is 15.3 Å². The summed E-state index contributed by atoms with van der Waals surface area (Å²) in [6, 6.07) is 10.3. The Labute approximate surface area is 139 Å². The molecule has 3 unspecified atom stereocenters. The van der Waals surface area contributed by atoms with Gasteiger partial charge in [0.25, 0.3) is 0 Å². The van der Waals surface area contributed by atoms with E-state index in [1.807, 2.05) is 25.1 Å². The molecule has 23 heavy (non-hydrogen) atoms. The van der Waals surface area contributed by atoms with Crippen LogP contribution in [0.15, 0.2) is 30.3 Å². The molecule has 0 spiro atoms. The zero-order chi connectivity index (χ0) is 16.3. The maximum atomic E-state index is 12.6. The molecule has 3 atom stereocenters. The SMILES string of the molecule is CC1OCCC1S(=O)(=O)NC1CCCN(Cc2ccccc2)C1. The standard InChI is InChI=1S/C17H26N2O3S/c1-14-17(9-11-22-14)23(20,21)18-16-8-5-10-19(13-16)12-15-6-3-2-4-7-15/h2-4,6-7,14,16-18H,5,8-13H2,1H3. The first-order chi connectivity index (χ1) is 11.0. The van der Waals surface area contributed by atoms with Gasteiger partial charge >= 0.3 is 0 Å². The van der Waals surface area contributed by atoms with Gasteiger partial charge in [0, 0.05) is 25.7 Å². The molecular weight excluding hydrogens is 312 g/mol. The molecule has 0 aliphatic carbocycles. The molecule has 2 saturated heterocycles. The van der Waals surface area contributed by atoms with E-state index in [9.17, 15) is 8.42 Å². The molecule has 3 rings (SSSR count). The van der Waals surface area contributed by atoms with Gasteiger partial charge in [-0.1, -0.05) is 30.3 Å². The van der Waals surface area contributed by atoms with Gasteiger partial charge in [-0.05, 0) is 38.3 Å². The Morgan fingerprint density at radius 3 is 2.74 bits per heavy atom. The van der Waals surface area contributed by atoms with Crippen molar-refractivity contribution in [1.29, 1.82) is 0 Å². The largest absolute Gasteiger partial charge is 0.377 e. The summed E-state index contributed by atoms with van der Waals surface area (Å²) < 4.78 is 33.5. The first-order valence-corrected chi connectivity index (χ1v) is 9.98. The summed E-state index contributed by atoms with van der Waals surface area (Å²) in [5, 5.41) is -0.410. The minimum atomic E-state index is -3.31. The topological polar surface area (TPSA) is 58.6 Å². The smallest absolute Gasteiger partial charge is 0.217 e. The van der Waals surface area contributed by atoms with E-state index in [-0.39, 0.29) is 12.1 Å².